The average molecular weight is 436 g/mol. The molecule has 0 saturated carbocycles. The number of ether oxygens (including phenoxy) is 1. The molecule has 8 nitrogen and oxygen atoms in total. The van der Waals surface area contributed by atoms with Gasteiger partial charge in [0.15, 0.2) is 0 Å². The van der Waals surface area contributed by atoms with E-state index in [1.165, 1.54) is 0 Å². The first-order chi connectivity index (χ1) is 14.0. The molecule has 0 aliphatic heterocycles. The molecule has 1 aromatic heterocycles. The van der Waals surface area contributed by atoms with Crippen molar-refractivity contribution in [1.29, 1.82) is 0 Å². The van der Waals surface area contributed by atoms with Crippen molar-refractivity contribution in [1.82, 2.24) is 20.9 Å². The predicted molar refractivity (Wildman–Crippen MR) is 110 cm³/mol. The molecule has 1 heterocycles. The van der Waals surface area contributed by atoms with Crippen molar-refractivity contribution in [3.63, 3.8) is 0 Å². The number of para-hydroxylation sites is 1. The molecule has 4 N–H and O–H groups in total. The maximum Gasteiger partial charge on any atom is 0.277 e. The third-order valence-corrected chi connectivity index (χ3v) is 4.72. The highest BCUT2D eigenvalue weighted by Gasteiger charge is 2.14. The lowest BCUT2D eigenvalue weighted by Crippen LogP contribution is -2.32. The molecule has 3 rings (SSSR count). The Bertz CT molecular complexity index is 980. The van der Waals surface area contributed by atoms with Crippen molar-refractivity contribution in [2.75, 3.05) is 18.8 Å². The van der Waals surface area contributed by atoms with E-state index in [1.807, 2.05) is 30.3 Å². The molecule has 2 aromatic carbocycles. The van der Waals surface area contributed by atoms with Crippen molar-refractivity contribution in [3.05, 3.63) is 69.3 Å². The molecule has 0 radical (unpaired) electrons. The molecule has 152 valence electrons. The zero-order valence-electron chi connectivity index (χ0n) is 15.3. The number of nitrogens with two attached hydrogens (primary N) is 1. The van der Waals surface area contributed by atoms with Crippen LogP contribution in [0.4, 0.5) is 5.82 Å². The van der Waals surface area contributed by atoms with E-state index >= 15 is 0 Å². The normalized spacial score (nSPS) is 10.7. The lowest BCUT2D eigenvalue weighted by molar-refractivity contribution is 0.0944. The van der Waals surface area contributed by atoms with Crippen LogP contribution < -0.4 is 21.1 Å². The molecular formula is C19H19Cl2N5O3. The van der Waals surface area contributed by atoms with E-state index in [2.05, 4.69) is 25.6 Å². The average Bonchev–Trinajstić information content (AvgIpc) is 3.15. The number of nitrogens with one attached hydrogen (secondary N) is 2. The highest BCUT2D eigenvalue weighted by molar-refractivity contribution is 6.42. The van der Waals surface area contributed by atoms with Crippen LogP contribution in [0.5, 0.6) is 5.75 Å². The Morgan fingerprint density at radius 1 is 1.10 bits per heavy atom. The van der Waals surface area contributed by atoms with Gasteiger partial charge in [-0.15, -0.1) is 0 Å². The van der Waals surface area contributed by atoms with Crippen LogP contribution in [-0.4, -0.2) is 29.3 Å². The van der Waals surface area contributed by atoms with Crippen LogP contribution in [0.3, 0.4) is 0 Å². The summed E-state index contributed by atoms with van der Waals surface area (Å²) in [7, 11) is 0. The second-order valence-electron chi connectivity index (χ2n) is 6.08. The van der Waals surface area contributed by atoms with Crippen molar-refractivity contribution in [2.24, 2.45) is 0 Å². The fourth-order valence-electron chi connectivity index (χ4n) is 2.51. The van der Waals surface area contributed by atoms with Gasteiger partial charge in [0, 0.05) is 25.2 Å². The number of carbonyl (C=O) groups is 1. The number of amides is 1. The molecule has 0 aliphatic rings. The van der Waals surface area contributed by atoms with Crippen LogP contribution in [0.1, 0.15) is 21.6 Å². The zero-order valence-corrected chi connectivity index (χ0v) is 16.8. The Balaban J connectivity index is 1.46. The number of benzene rings is 2. The van der Waals surface area contributed by atoms with Crippen molar-refractivity contribution < 1.29 is 14.2 Å². The maximum absolute atomic E-state index is 11.9. The predicted octanol–water partition coefficient (Wildman–Crippen LogP) is 3.06. The van der Waals surface area contributed by atoms with Gasteiger partial charge in [-0.1, -0.05) is 47.5 Å². The SMILES string of the molecule is Nc1nonc1C(=O)NCCNCc1ccccc1OCc1ccc(Cl)c(Cl)c1. The van der Waals surface area contributed by atoms with E-state index in [4.69, 9.17) is 33.7 Å². The number of nitrogen functional groups attached to an aromatic ring is 1. The summed E-state index contributed by atoms with van der Waals surface area (Å²) in [5.74, 6) is 0.288. The molecule has 0 saturated heterocycles. The molecule has 0 atom stereocenters. The number of rotatable bonds is 9. The molecule has 0 fully saturated rings. The molecule has 0 bridgehead atoms. The minimum Gasteiger partial charge on any atom is -0.489 e. The van der Waals surface area contributed by atoms with Gasteiger partial charge in [-0.2, -0.15) is 0 Å². The maximum atomic E-state index is 11.9. The number of nitrogens with zero attached hydrogens (tertiary/aromatic N) is 2. The van der Waals surface area contributed by atoms with Crippen molar-refractivity contribution in [2.45, 2.75) is 13.2 Å². The van der Waals surface area contributed by atoms with E-state index in [9.17, 15) is 4.79 Å². The van der Waals surface area contributed by atoms with Gasteiger partial charge in [-0.05, 0) is 34.1 Å². The first-order valence-corrected chi connectivity index (χ1v) is 9.52. The summed E-state index contributed by atoms with van der Waals surface area (Å²) in [6.45, 7) is 1.87. The van der Waals surface area contributed by atoms with Gasteiger partial charge < -0.3 is 21.1 Å². The lowest BCUT2D eigenvalue weighted by Gasteiger charge is -2.13. The zero-order chi connectivity index (χ0) is 20.6. The minimum absolute atomic E-state index is 0.0222. The molecule has 3 aromatic rings. The lowest BCUT2D eigenvalue weighted by atomic mass is 10.2. The molecule has 1 amide bonds. The second-order valence-corrected chi connectivity index (χ2v) is 6.89. The van der Waals surface area contributed by atoms with Crippen LogP contribution in [0.15, 0.2) is 47.1 Å². The summed E-state index contributed by atoms with van der Waals surface area (Å²) in [6, 6.07) is 13.1. The Kier molecular flexibility index (Phi) is 7.29. The first-order valence-electron chi connectivity index (χ1n) is 8.76. The molecular weight excluding hydrogens is 417 g/mol. The first kappa shape index (κ1) is 20.9. The molecule has 0 aliphatic carbocycles. The molecule has 10 heteroatoms. The fourth-order valence-corrected chi connectivity index (χ4v) is 2.83. The van der Waals surface area contributed by atoms with Gasteiger partial charge in [0.2, 0.25) is 11.5 Å². The quantitative estimate of drug-likeness (QED) is 0.442. The summed E-state index contributed by atoms with van der Waals surface area (Å²) in [4.78, 5) is 11.9. The third kappa shape index (κ3) is 5.83. The van der Waals surface area contributed by atoms with Crippen molar-refractivity contribution in [3.8, 4) is 5.75 Å². The number of anilines is 1. The Morgan fingerprint density at radius 2 is 1.93 bits per heavy atom. The van der Waals surface area contributed by atoms with Gasteiger partial charge in [0.05, 0.1) is 10.0 Å². The van der Waals surface area contributed by atoms with Gasteiger partial charge in [-0.3, -0.25) is 4.79 Å². The van der Waals surface area contributed by atoms with E-state index in [-0.39, 0.29) is 11.5 Å². The van der Waals surface area contributed by atoms with Gasteiger partial charge in [0.25, 0.3) is 5.91 Å². The van der Waals surface area contributed by atoms with Crippen LogP contribution in [0.25, 0.3) is 0 Å². The fraction of sp³-hybridized carbons (Fsp3) is 0.211. The van der Waals surface area contributed by atoms with E-state index < -0.39 is 5.91 Å². The summed E-state index contributed by atoms with van der Waals surface area (Å²) < 4.78 is 10.3. The number of halogens is 2. The Hall–Kier alpha value is -2.81. The van der Waals surface area contributed by atoms with Gasteiger partial charge in [0.1, 0.15) is 12.4 Å². The van der Waals surface area contributed by atoms with E-state index in [0.29, 0.717) is 36.3 Å². The summed E-state index contributed by atoms with van der Waals surface area (Å²) >= 11 is 12.0. The van der Waals surface area contributed by atoms with Gasteiger partial charge in [-0.25, -0.2) is 4.63 Å². The van der Waals surface area contributed by atoms with E-state index in [0.717, 1.165) is 16.9 Å². The smallest absolute Gasteiger partial charge is 0.277 e. The summed E-state index contributed by atoms with van der Waals surface area (Å²) in [5.41, 5.74) is 7.37. The Morgan fingerprint density at radius 3 is 2.69 bits per heavy atom. The van der Waals surface area contributed by atoms with E-state index in [1.54, 1.807) is 12.1 Å². The van der Waals surface area contributed by atoms with Crippen LogP contribution >= 0.6 is 23.2 Å². The van der Waals surface area contributed by atoms with Gasteiger partial charge >= 0.3 is 0 Å². The number of hydrogen-bond acceptors (Lipinski definition) is 7. The number of carbonyl (C=O) groups excluding carboxylic acids is 1. The van der Waals surface area contributed by atoms with Crippen molar-refractivity contribution >= 4 is 34.9 Å². The largest absolute Gasteiger partial charge is 0.489 e. The highest BCUT2D eigenvalue weighted by Crippen LogP contribution is 2.24. The third-order valence-electron chi connectivity index (χ3n) is 3.98. The monoisotopic (exact) mass is 435 g/mol. The van der Waals surface area contributed by atoms with Crippen LogP contribution in [0.2, 0.25) is 10.0 Å². The molecule has 0 spiro atoms. The Labute approximate surface area is 177 Å². The number of aromatic nitrogens is 2. The number of hydrogen-bond donors (Lipinski definition) is 3. The summed E-state index contributed by atoms with van der Waals surface area (Å²) in [5, 5.41) is 13.8. The summed E-state index contributed by atoms with van der Waals surface area (Å²) in [6.07, 6.45) is 0. The van der Waals surface area contributed by atoms with Crippen LogP contribution in [0, 0.1) is 0 Å². The molecule has 0 unspecified atom stereocenters. The minimum atomic E-state index is -0.434. The second kappa shape index (κ2) is 10.1. The van der Waals surface area contributed by atoms with Crippen LogP contribution in [-0.2, 0) is 13.2 Å². The molecule has 29 heavy (non-hydrogen) atoms. The highest BCUT2D eigenvalue weighted by atomic mass is 35.5. The topological polar surface area (TPSA) is 115 Å². The standard InChI is InChI=1S/C19H19Cl2N5O3/c20-14-6-5-12(9-15(14)21)11-28-16-4-2-1-3-13(16)10-23-7-8-24-19(27)17-18(22)26-29-25-17/h1-6,9,23H,7-8,10-11H2,(H2,22,26)(H,24,27).